The number of hydrogen-bond donors (Lipinski definition) is 0. The summed E-state index contributed by atoms with van der Waals surface area (Å²) in [6, 6.07) is 0. The summed E-state index contributed by atoms with van der Waals surface area (Å²) < 4.78 is 11.4. The van der Waals surface area contributed by atoms with E-state index in [1.54, 1.807) is 11.8 Å². The monoisotopic (exact) mass is 132 g/mol. The topological polar surface area (TPSA) is 0 Å². The Balaban J connectivity index is 2.65. The molecule has 8 heavy (non-hydrogen) atoms. The summed E-state index contributed by atoms with van der Waals surface area (Å²) in [5, 5.41) is 0. The molecule has 0 aromatic rings. The SMILES string of the molecule is C#CCSCCCF. The molecule has 0 rings (SSSR count). The minimum atomic E-state index is -0.225. The lowest BCUT2D eigenvalue weighted by Crippen LogP contribution is -1.81. The van der Waals surface area contributed by atoms with Crippen LogP contribution in [0.4, 0.5) is 4.39 Å². The molecule has 0 aliphatic rings. The van der Waals surface area contributed by atoms with Crippen LogP contribution in [0.1, 0.15) is 6.42 Å². The van der Waals surface area contributed by atoms with Crippen molar-refractivity contribution in [2.75, 3.05) is 18.2 Å². The lowest BCUT2D eigenvalue weighted by atomic mass is 10.6. The second-order valence-electron chi connectivity index (χ2n) is 1.30. The summed E-state index contributed by atoms with van der Waals surface area (Å²) in [6.45, 7) is -0.225. The van der Waals surface area contributed by atoms with Gasteiger partial charge in [0.1, 0.15) is 0 Å². The van der Waals surface area contributed by atoms with Gasteiger partial charge in [0.2, 0.25) is 0 Å². The van der Waals surface area contributed by atoms with Gasteiger partial charge in [0, 0.05) is 0 Å². The molecule has 0 aliphatic heterocycles. The fourth-order valence-corrected chi connectivity index (χ4v) is 0.863. The first-order chi connectivity index (χ1) is 3.91. The van der Waals surface area contributed by atoms with E-state index >= 15 is 0 Å². The van der Waals surface area contributed by atoms with E-state index in [1.807, 2.05) is 0 Å². The highest BCUT2D eigenvalue weighted by atomic mass is 32.2. The van der Waals surface area contributed by atoms with Gasteiger partial charge in [0.25, 0.3) is 0 Å². The molecule has 0 bridgehead atoms. The first kappa shape index (κ1) is 7.84. The van der Waals surface area contributed by atoms with Crippen molar-refractivity contribution >= 4 is 11.8 Å². The van der Waals surface area contributed by atoms with Crippen molar-refractivity contribution in [3.63, 3.8) is 0 Å². The smallest absolute Gasteiger partial charge is 0.0902 e. The van der Waals surface area contributed by atoms with E-state index in [0.717, 1.165) is 5.75 Å². The van der Waals surface area contributed by atoms with Crippen LogP contribution in [0.2, 0.25) is 0 Å². The van der Waals surface area contributed by atoms with E-state index in [0.29, 0.717) is 12.2 Å². The molecular weight excluding hydrogens is 123 g/mol. The minimum Gasteiger partial charge on any atom is -0.251 e. The largest absolute Gasteiger partial charge is 0.251 e. The molecule has 0 unspecified atom stereocenters. The molecule has 0 saturated heterocycles. The standard InChI is InChI=1S/C6H9FS/c1-2-5-8-6-3-4-7/h1H,3-6H2. The van der Waals surface area contributed by atoms with Gasteiger partial charge in [0.15, 0.2) is 0 Å². The molecule has 0 spiro atoms. The van der Waals surface area contributed by atoms with Crippen LogP contribution in [-0.4, -0.2) is 18.2 Å². The van der Waals surface area contributed by atoms with Crippen molar-refractivity contribution in [1.29, 1.82) is 0 Å². The van der Waals surface area contributed by atoms with Gasteiger partial charge in [-0.15, -0.1) is 18.2 Å². The Morgan fingerprint density at radius 3 is 2.88 bits per heavy atom. The number of rotatable bonds is 4. The highest BCUT2D eigenvalue weighted by Gasteiger charge is 1.83. The van der Waals surface area contributed by atoms with Crippen molar-refractivity contribution in [1.82, 2.24) is 0 Å². The Bertz CT molecular complexity index is 75.1. The highest BCUT2D eigenvalue weighted by Crippen LogP contribution is 1.99. The second kappa shape index (κ2) is 6.84. The zero-order chi connectivity index (χ0) is 6.24. The van der Waals surface area contributed by atoms with Crippen molar-refractivity contribution in [3.05, 3.63) is 0 Å². The Kier molecular flexibility index (Phi) is 6.70. The minimum absolute atomic E-state index is 0.225. The molecule has 0 N–H and O–H groups in total. The summed E-state index contributed by atoms with van der Waals surface area (Å²) in [7, 11) is 0. The van der Waals surface area contributed by atoms with E-state index < -0.39 is 0 Å². The van der Waals surface area contributed by atoms with Gasteiger partial charge in [-0.1, -0.05) is 5.92 Å². The number of hydrogen-bond acceptors (Lipinski definition) is 1. The molecular formula is C6H9FS. The normalized spacial score (nSPS) is 8.50. The van der Waals surface area contributed by atoms with E-state index in [1.165, 1.54) is 0 Å². The van der Waals surface area contributed by atoms with Crippen molar-refractivity contribution in [2.24, 2.45) is 0 Å². The fourth-order valence-electron chi connectivity index (χ4n) is 0.288. The molecule has 2 heteroatoms. The predicted octanol–water partition coefficient (Wildman–Crippen LogP) is 1.71. The molecule has 0 fully saturated rings. The third kappa shape index (κ3) is 5.84. The first-order valence-electron chi connectivity index (χ1n) is 2.49. The second-order valence-corrected chi connectivity index (χ2v) is 2.40. The van der Waals surface area contributed by atoms with E-state index in [-0.39, 0.29) is 6.67 Å². The van der Waals surface area contributed by atoms with E-state index in [4.69, 9.17) is 6.42 Å². The molecule has 0 saturated carbocycles. The maximum Gasteiger partial charge on any atom is 0.0902 e. The lowest BCUT2D eigenvalue weighted by Gasteiger charge is -1.89. The van der Waals surface area contributed by atoms with Crippen molar-refractivity contribution in [2.45, 2.75) is 6.42 Å². The van der Waals surface area contributed by atoms with E-state index in [2.05, 4.69) is 5.92 Å². The van der Waals surface area contributed by atoms with Gasteiger partial charge < -0.3 is 0 Å². The summed E-state index contributed by atoms with van der Waals surface area (Å²) in [5.41, 5.74) is 0. The molecule has 0 aromatic heterocycles. The maximum absolute atomic E-state index is 11.4. The molecule has 46 valence electrons. The molecule has 0 heterocycles. The average Bonchev–Trinajstić information content (AvgIpc) is 1.81. The summed E-state index contributed by atoms with van der Waals surface area (Å²) >= 11 is 1.60. The van der Waals surface area contributed by atoms with Gasteiger partial charge in [-0.25, -0.2) is 0 Å². The third-order valence-electron chi connectivity index (χ3n) is 0.608. The third-order valence-corrected chi connectivity index (χ3v) is 1.56. The molecule has 0 aromatic carbocycles. The van der Waals surface area contributed by atoms with Gasteiger partial charge in [0.05, 0.1) is 12.4 Å². The first-order valence-corrected chi connectivity index (χ1v) is 3.64. The molecule has 0 atom stereocenters. The molecule has 0 radical (unpaired) electrons. The van der Waals surface area contributed by atoms with Gasteiger partial charge >= 0.3 is 0 Å². The van der Waals surface area contributed by atoms with Gasteiger partial charge in [-0.2, -0.15) is 0 Å². The lowest BCUT2D eigenvalue weighted by molar-refractivity contribution is 0.489. The number of terminal acetylenes is 1. The van der Waals surface area contributed by atoms with Crippen LogP contribution in [0.15, 0.2) is 0 Å². The number of alkyl halides is 1. The van der Waals surface area contributed by atoms with Crippen LogP contribution < -0.4 is 0 Å². The fraction of sp³-hybridized carbons (Fsp3) is 0.667. The molecule has 0 amide bonds. The van der Waals surface area contributed by atoms with Gasteiger partial charge in [-0.3, -0.25) is 4.39 Å². The highest BCUT2D eigenvalue weighted by molar-refractivity contribution is 7.99. The summed E-state index contributed by atoms with van der Waals surface area (Å²) in [5.74, 6) is 4.02. The van der Waals surface area contributed by atoms with Crippen molar-refractivity contribution < 1.29 is 4.39 Å². The van der Waals surface area contributed by atoms with E-state index in [9.17, 15) is 4.39 Å². The van der Waals surface area contributed by atoms with Crippen LogP contribution in [0.3, 0.4) is 0 Å². The van der Waals surface area contributed by atoms with Gasteiger partial charge in [-0.05, 0) is 12.2 Å². The Morgan fingerprint density at radius 2 is 2.38 bits per heavy atom. The maximum atomic E-state index is 11.4. The van der Waals surface area contributed by atoms with Crippen LogP contribution in [0, 0.1) is 12.3 Å². The zero-order valence-electron chi connectivity index (χ0n) is 4.69. The van der Waals surface area contributed by atoms with Crippen LogP contribution in [0.5, 0.6) is 0 Å². The molecule has 0 aliphatic carbocycles. The average molecular weight is 132 g/mol. The number of thioether (sulfide) groups is 1. The Morgan fingerprint density at radius 1 is 1.62 bits per heavy atom. The van der Waals surface area contributed by atoms with Crippen molar-refractivity contribution in [3.8, 4) is 12.3 Å². The summed E-state index contributed by atoms with van der Waals surface area (Å²) in [4.78, 5) is 0. The Hall–Kier alpha value is -0.160. The number of halogens is 1. The van der Waals surface area contributed by atoms with Crippen LogP contribution in [0.25, 0.3) is 0 Å². The zero-order valence-corrected chi connectivity index (χ0v) is 5.51. The van der Waals surface area contributed by atoms with Crippen LogP contribution >= 0.6 is 11.8 Å². The Labute approximate surface area is 53.9 Å². The quantitative estimate of drug-likeness (QED) is 0.414. The summed E-state index contributed by atoms with van der Waals surface area (Å²) in [6.07, 6.45) is 5.58. The predicted molar refractivity (Wildman–Crippen MR) is 36.8 cm³/mol. The van der Waals surface area contributed by atoms with Crippen LogP contribution in [-0.2, 0) is 0 Å². The molecule has 0 nitrogen and oxygen atoms in total.